The second-order valence-electron chi connectivity index (χ2n) is 8.68. The minimum atomic E-state index is -0.399. The molecule has 4 nitrogen and oxygen atoms in total. The molecule has 2 aromatic carbocycles. The van der Waals surface area contributed by atoms with Crippen molar-refractivity contribution >= 4 is 5.91 Å². The topological polar surface area (TPSA) is 68.2 Å². The quantitative estimate of drug-likeness (QED) is 0.635. The molecule has 1 amide bonds. The molecule has 0 aliphatic heterocycles. The summed E-state index contributed by atoms with van der Waals surface area (Å²) in [5.41, 5.74) is 12.7. The predicted octanol–water partition coefficient (Wildman–Crippen LogP) is 5.12. The third-order valence-electron chi connectivity index (χ3n) is 5.63. The number of phenolic OH excluding ortho intramolecular Hbond substituents is 1. The molecule has 0 bridgehead atoms. The van der Waals surface area contributed by atoms with Crippen molar-refractivity contribution in [1.82, 2.24) is 4.57 Å². The number of aromatic nitrogens is 1. The van der Waals surface area contributed by atoms with Crippen molar-refractivity contribution in [2.24, 2.45) is 5.73 Å². The molecule has 1 aromatic heterocycles. The van der Waals surface area contributed by atoms with E-state index in [4.69, 9.17) is 5.73 Å². The molecule has 0 atom stereocenters. The van der Waals surface area contributed by atoms with Crippen molar-refractivity contribution in [2.45, 2.75) is 53.0 Å². The van der Waals surface area contributed by atoms with Crippen LogP contribution in [0.25, 0.3) is 11.1 Å². The maximum Gasteiger partial charge on any atom is 0.251 e. The summed E-state index contributed by atoms with van der Waals surface area (Å²) in [6.45, 7) is 11.3. The minimum Gasteiger partial charge on any atom is -0.508 e. The van der Waals surface area contributed by atoms with Crippen LogP contribution < -0.4 is 5.73 Å². The summed E-state index contributed by atoms with van der Waals surface area (Å²) in [5, 5.41) is 9.47. The van der Waals surface area contributed by atoms with Gasteiger partial charge in [0, 0.05) is 23.5 Å². The number of benzene rings is 2. The molecule has 152 valence electrons. The van der Waals surface area contributed by atoms with Gasteiger partial charge in [0.15, 0.2) is 0 Å². The molecule has 0 saturated carbocycles. The lowest BCUT2D eigenvalue weighted by molar-refractivity contribution is 0.1000. The third-order valence-corrected chi connectivity index (χ3v) is 5.63. The highest BCUT2D eigenvalue weighted by molar-refractivity contribution is 6.02. The average molecular weight is 391 g/mol. The Morgan fingerprint density at radius 1 is 0.966 bits per heavy atom. The Balaban J connectivity index is 2.00. The number of hydrogen-bond acceptors (Lipinski definition) is 2. The molecule has 0 spiro atoms. The Hall–Kier alpha value is -3.01. The van der Waals surface area contributed by atoms with Crippen LogP contribution in [-0.4, -0.2) is 15.6 Å². The van der Waals surface area contributed by atoms with Crippen LogP contribution in [0.2, 0.25) is 0 Å². The van der Waals surface area contributed by atoms with Crippen molar-refractivity contribution in [1.29, 1.82) is 0 Å². The van der Waals surface area contributed by atoms with Gasteiger partial charge in [0.1, 0.15) is 5.75 Å². The molecule has 3 rings (SSSR count). The molecule has 1 heterocycles. The van der Waals surface area contributed by atoms with E-state index < -0.39 is 5.91 Å². The molecule has 0 fully saturated rings. The summed E-state index contributed by atoms with van der Waals surface area (Å²) in [7, 11) is 0. The lowest BCUT2D eigenvalue weighted by atomic mass is 9.86. The third kappa shape index (κ3) is 4.21. The van der Waals surface area contributed by atoms with Crippen LogP contribution in [0.5, 0.6) is 5.75 Å². The fraction of sp³-hybridized carbons (Fsp3) is 0.320. The van der Waals surface area contributed by atoms with Crippen molar-refractivity contribution in [2.75, 3.05) is 0 Å². The molecule has 0 aliphatic rings. The van der Waals surface area contributed by atoms with Crippen LogP contribution in [0.1, 0.15) is 53.6 Å². The second-order valence-corrected chi connectivity index (χ2v) is 8.68. The number of phenols is 1. The van der Waals surface area contributed by atoms with Crippen molar-refractivity contribution in [3.8, 4) is 16.9 Å². The molecule has 3 aromatic rings. The van der Waals surface area contributed by atoms with E-state index in [1.54, 1.807) is 12.1 Å². The zero-order valence-electron chi connectivity index (χ0n) is 17.9. The van der Waals surface area contributed by atoms with Gasteiger partial charge in [0.2, 0.25) is 0 Å². The number of nitrogens with two attached hydrogens (primary N) is 1. The van der Waals surface area contributed by atoms with Gasteiger partial charge in [-0.15, -0.1) is 0 Å². The van der Waals surface area contributed by atoms with Gasteiger partial charge < -0.3 is 15.4 Å². The number of aromatic hydroxyl groups is 1. The first-order chi connectivity index (χ1) is 13.6. The molecular weight excluding hydrogens is 360 g/mol. The van der Waals surface area contributed by atoms with Gasteiger partial charge in [-0.2, -0.15) is 0 Å². The van der Waals surface area contributed by atoms with E-state index in [0.717, 1.165) is 41.0 Å². The van der Waals surface area contributed by atoms with Gasteiger partial charge in [-0.05, 0) is 54.5 Å². The van der Waals surface area contributed by atoms with Crippen LogP contribution in [0.3, 0.4) is 0 Å². The number of carbonyl (C=O) groups excluding carboxylic acids is 1. The van der Waals surface area contributed by atoms with Crippen LogP contribution in [0.15, 0.2) is 48.5 Å². The largest absolute Gasteiger partial charge is 0.508 e. The highest BCUT2D eigenvalue weighted by atomic mass is 16.3. The first-order valence-corrected chi connectivity index (χ1v) is 9.98. The standard InChI is InChI=1S/C25H30N2O2/c1-16-22(19-8-10-20(11-9-19)25(3,4)5)23(24(26)29)17(2)27(16)15-14-18-6-12-21(28)13-7-18/h6-13,28H,14-15H2,1-5H3,(H2,26,29). The number of aryl methyl sites for hydroxylation is 1. The first-order valence-electron chi connectivity index (χ1n) is 9.98. The number of rotatable bonds is 5. The smallest absolute Gasteiger partial charge is 0.251 e. The number of amides is 1. The molecule has 0 unspecified atom stereocenters. The van der Waals surface area contributed by atoms with E-state index in [1.165, 1.54) is 5.56 Å². The first kappa shape index (κ1) is 20.7. The number of primary amides is 1. The SMILES string of the molecule is Cc1c(C(N)=O)c(-c2ccc(C(C)(C)C)cc2)c(C)n1CCc1ccc(O)cc1. The maximum absolute atomic E-state index is 12.3. The number of carbonyl (C=O) groups is 1. The lowest BCUT2D eigenvalue weighted by Gasteiger charge is -2.19. The summed E-state index contributed by atoms with van der Waals surface area (Å²) in [6.07, 6.45) is 0.803. The van der Waals surface area contributed by atoms with Crippen molar-refractivity contribution in [3.05, 3.63) is 76.6 Å². The zero-order chi connectivity index (χ0) is 21.3. The Labute approximate surface area is 173 Å². The van der Waals surface area contributed by atoms with Gasteiger partial charge >= 0.3 is 0 Å². The summed E-state index contributed by atoms with van der Waals surface area (Å²) >= 11 is 0. The lowest BCUT2D eigenvalue weighted by Crippen LogP contribution is -2.14. The Bertz CT molecular complexity index is 1020. The fourth-order valence-electron chi connectivity index (χ4n) is 3.91. The summed E-state index contributed by atoms with van der Waals surface area (Å²) in [6, 6.07) is 15.7. The molecule has 4 heteroatoms. The van der Waals surface area contributed by atoms with Gasteiger partial charge in [-0.25, -0.2) is 0 Å². The Kier molecular flexibility index (Phi) is 5.56. The molecule has 0 saturated heterocycles. The van der Waals surface area contributed by atoms with Gasteiger partial charge in [0.25, 0.3) is 5.91 Å². The monoisotopic (exact) mass is 390 g/mol. The van der Waals surface area contributed by atoms with Gasteiger partial charge in [-0.3, -0.25) is 4.79 Å². The molecule has 29 heavy (non-hydrogen) atoms. The van der Waals surface area contributed by atoms with E-state index in [2.05, 4.69) is 49.6 Å². The zero-order valence-corrected chi connectivity index (χ0v) is 17.9. The van der Waals surface area contributed by atoms with E-state index in [1.807, 2.05) is 26.0 Å². The fourth-order valence-corrected chi connectivity index (χ4v) is 3.91. The van der Waals surface area contributed by atoms with Crippen LogP contribution >= 0.6 is 0 Å². The normalized spacial score (nSPS) is 11.6. The Morgan fingerprint density at radius 2 is 1.55 bits per heavy atom. The average Bonchev–Trinajstić information content (AvgIpc) is 2.91. The highest BCUT2D eigenvalue weighted by Crippen LogP contribution is 2.34. The van der Waals surface area contributed by atoms with Crippen molar-refractivity contribution < 1.29 is 9.90 Å². The summed E-state index contributed by atoms with van der Waals surface area (Å²) in [5.74, 6) is -0.136. The maximum atomic E-state index is 12.3. The van der Waals surface area contributed by atoms with Gasteiger partial charge in [0.05, 0.1) is 5.56 Å². The van der Waals surface area contributed by atoms with E-state index in [0.29, 0.717) is 5.56 Å². The number of hydrogen-bond donors (Lipinski definition) is 2. The predicted molar refractivity (Wildman–Crippen MR) is 118 cm³/mol. The van der Waals surface area contributed by atoms with E-state index in [-0.39, 0.29) is 11.2 Å². The molecule has 0 aliphatic carbocycles. The number of nitrogens with zero attached hydrogens (tertiary/aromatic N) is 1. The van der Waals surface area contributed by atoms with Crippen LogP contribution in [-0.2, 0) is 18.4 Å². The molecule has 0 radical (unpaired) electrons. The minimum absolute atomic E-state index is 0.0755. The van der Waals surface area contributed by atoms with Crippen LogP contribution in [0, 0.1) is 13.8 Å². The van der Waals surface area contributed by atoms with E-state index >= 15 is 0 Å². The summed E-state index contributed by atoms with van der Waals surface area (Å²) < 4.78 is 2.17. The summed E-state index contributed by atoms with van der Waals surface area (Å²) in [4.78, 5) is 12.3. The highest BCUT2D eigenvalue weighted by Gasteiger charge is 2.23. The van der Waals surface area contributed by atoms with Crippen LogP contribution in [0.4, 0.5) is 0 Å². The molecular formula is C25H30N2O2. The van der Waals surface area contributed by atoms with Crippen molar-refractivity contribution in [3.63, 3.8) is 0 Å². The van der Waals surface area contributed by atoms with Gasteiger partial charge in [-0.1, -0.05) is 57.2 Å². The van der Waals surface area contributed by atoms with E-state index in [9.17, 15) is 9.90 Å². The molecule has 3 N–H and O–H groups in total. The second kappa shape index (κ2) is 7.78. The Morgan fingerprint density at radius 3 is 2.07 bits per heavy atom.